The second-order valence-electron chi connectivity index (χ2n) is 5.30. The van der Waals surface area contributed by atoms with E-state index in [1.165, 1.54) is 6.07 Å². The summed E-state index contributed by atoms with van der Waals surface area (Å²) >= 11 is 0. The molecule has 3 rings (SSSR count). The summed E-state index contributed by atoms with van der Waals surface area (Å²) in [6.45, 7) is 0.842. The number of aliphatic hydroxyl groups excluding tert-OH is 1. The first-order valence-electron chi connectivity index (χ1n) is 6.80. The van der Waals surface area contributed by atoms with E-state index in [0.717, 1.165) is 12.0 Å². The van der Waals surface area contributed by atoms with Crippen molar-refractivity contribution in [3.8, 4) is 0 Å². The van der Waals surface area contributed by atoms with Crippen LogP contribution in [-0.2, 0) is 6.42 Å². The molecule has 21 heavy (non-hydrogen) atoms. The average molecular weight is 287 g/mol. The molecule has 1 saturated heterocycles. The van der Waals surface area contributed by atoms with Gasteiger partial charge in [-0.05, 0) is 24.1 Å². The van der Waals surface area contributed by atoms with Crippen molar-refractivity contribution in [3.05, 3.63) is 41.9 Å². The zero-order valence-corrected chi connectivity index (χ0v) is 11.4. The van der Waals surface area contributed by atoms with Crippen LogP contribution in [0.2, 0.25) is 0 Å². The Labute approximate surface area is 121 Å². The highest BCUT2D eigenvalue weighted by atomic mass is 16.3. The number of aromatic nitrogens is 3. The molecule has 0 saturated carbocycles. The second-order valence-corrected chi connectivity index (χ2v) is 5.30. The van der Waals surface area contributed by atoms with Gasteiger partial charge in [-0.2, -0.15) is 5.10 Å². The fourth-order valence-corrected chi connectivity index (χ4v) is 2.66. The Kier molecular flexibility index (Phi) is 3.57. The second kappa shape index (κ2) is 5.53. The molecule has 110 valence electrons. The summed E-state index contributed by atoms with van der Waals surface area (Å²) in [5.41, 5.74) is 6.96. The quantitative estimate of drug-likeness (QED) is 0.740. The van der Waals surface area contributed by atoms with Crippen molar-refractivity contribution in [2.75, 3.05) is 18.8 Å². The molecule has 4 N–H and O–H groups in total. The minimum atomic E-state index is -0.526. The molecule has 0 radical (unpaired) electrons. The summed E-state index contributed by atoms with van der Waals surface area (Å²) in [5.74, 6) is 0.124. The number of nitrogen functional groups attached to an aromatic ring is 1. The van der Waals surface area contributed by atoms with Crippen molar-refractivity contribution in [1.82, 2.24) is 20.1 Å². The molecule has 0 unspecified atom stereocenters. The highest BCUT2D eigenvalue weighted by Crippen LogP contribution is 2.22. The standard InChI is InChI=1S/C14H17N5O2/c15-13-6-11(17-18-13)14(21)19-7-10(12(20)8-19)5-9-1-3-16-4-2-9/h1-4,6,10,12,20H,5,7-8H2,(H3,15,17,18)/t10-,12+/m1/s1. The molecule has 0 bridgehead atoms. The third kappa shape index (κ3) is 2.87. The minimum Gasteiger partial charge on any atom is -0.391 e. The molecule has 3 heterocycles. The van der Waals surface area contributed by atoms with Crippen molar-refractivity contribution in [2.45, 2.75) is 12.5 Å². The lowest BCUT2D eigenvalue weighted by Gasteiger charge is -2.15. The van der Waals surface area contributed by atoms with Crippen LogP contribution in [0.15, 0.2) is 30.6 Å². The Morgan fingerprint density at radius 2 is 2.19 bits per heavy atom. The number of hydrogen-bond acceptors (Lipinski definition) is 5. The lowest BCUT2D eigenvalue weighted by atomic mass is 9.97. The fraction of sp³-hybridized carbons (Fsp3) is 0.357. The number of carbonyl (C=O) groups excluding carboxylic acids is 1. The predicted molar refractivity (Wildman–Crippen MR) is 76.3 cm³/mol. The summed E-state index contributed by atoms with van der Waals surface area (Å²) in [5, 5.41) is 16.5. The van der Waals surface area contributed by atoms with Crippen LogP contribution in [0.3, 0.4) is 0 Å². The third-order valence-electron chi connectivity index (χ3n) is 3.77. The number of pyridine rings is 1. The molecule has 7 heteroatoms. The van der Waals surface area contributed by atoms with Gasteiger partial charge in [-0.3, -0.25) is 14.9 Å². The van der Waals surface area contributed by atoms with Crippen molar-refractivity contribution < 1.29 is 9.90 Å². The number of amides is 1. The molecule has 1 fully saturated rings. The molecule has 7 nitrogen and oxygen atoms in total. The number of β-amino-alcohol motifs (C(OH)–C–C–N with tert-alkyl or cyclic N) is 1. The van der Waals surface area contributed by atoms with Crippen molar-refractivity contribution in [2.24, 2.45) is 5.92 Å². The summed E-state index contributed by atoms with van der Waals surface area (Å²) in [7, 11) is 0. The Bertz CT molecular complexity index is 627. The van der Waals surface area contributed by atoms with E-state index in [1.54, 1.807) is 17.3 Å². The Balaban J connectivity index is 1.67. The third-order valence-corrected chi connectivity index (χ3v) is 3.77. The Morgan fingerprint density at radius 1 is 1.43 bits per heavy atom. The van der Waals surface area contributed by atoms with E-state index in [4.69, 9.17) is 5.73 Å². The zero-order chi connectivity index (χ0) is 14.8. The van der Waals surface area contributed by atoms with Crippen LogP contribution in [0.1, 0.15) is 16.1 Å². The van der Waals surface area contributed by atoms with Gasteiger partial charge in [-0.1, -0.05) is 0 Å². The van der Waals surface area contributed by atoms with E-state index < -0.39 is 6.10 Å². The van der Waals surface area contributed by atoms with E-state index in [1.807, 2.05) is 12.1 Å². The smallest absolute Gasteiger partial charge is 0.272 e. The van der Waals surface area contributed by atoms with Gasteiger partial charge in [0.15, 0.2) is 0 Å². The first-order chi connectivity index (χ1) is 10.1. The normalized spacial score (nSPS) is 21.7. The molecule has 2 atom stereocenters. The largest absolute Gasteiger partial charge is 0.391 e. The number of aromatic amines is 1. The van der Waals surface area contributed by atoms with E-state index in [0.29, 0.717) is 18.8 Å². The Morgan fingerprint density at radius 3 is 2.86 bits per heavy atom. The van der Waals surface area contributed by atoms with Gasteiger partial charge < -0.3 is 15.7 Å². The Hall–Kier alpha value is -2.41. The van der Waals surface area contributed by atoms with Crippen LogP contribution in [-0.4, -0.2) is 50.3 Å². The van der Waals surface area contributed by atoms with Crippen molar-refractivity contribution in [1.29, 1.82) is 0 Å². The van der Waals surface area contributed by atoms with Gasteiger partial charge in [0.05, 0.1) is 6.10 Å². The van der Waals surface area contributed by atoms with Crippen LogP contribution < -0.4 is 5.73 Å². The number of rotatable bonds is 3. The molecule has 0 aliphatic carbocycles. The van der Waals surface area contributed by atoms with Gasteiger partial charge in [-0.25, -0.2) is 0 Å². The molecular weight excluding hydrogens is 270 g/mol. The maximum atomic E-state index is 12.3. The number of nitrogens with two attached hydrogens (primary N) is 1. The van der Waals surface area contributed by atoms with Gasteiger partial charge in [0.1, 0.15) is 11.5 Å². The number of hydrogen-bond donors (Lipinski definition) is 3. The van der Waals surface area contributed by atoms with Crippen LogP contribution >= 0.6 is 0 Å². The van der Waals surface area contributed by atoms with Crippen LogP contribution in [0, 0.1) is 5.92 Å². The SMILES string of the molecule is Nc1cc(C(=O)N2C[C@@H](Cc3ccncc3)[C@@H](O)C2)[nH]n1. The molecule has 1 amide bonds. The number of likely N-dealkylation sites (tertiary alicyclic amines) is 1. The summed E-state index contributed by atoms with van der Waals surface area (Å²) in [6.07, 6.45) is 3.65. The molecule has 2 aromatic rings. The lowest BCUT2D eigenvalue weighted by molar-refractivity contribution is 0.0759. The number of anilines is 1. The van der Waals surface area contributed by atoms with Gasteiger partial charge in [0, 0.05) is 37.5 Å². The topological polar surface area (TPSA) is 108 Å². The van der Waals surface area contributed by atoms with E-state index >= 15 is 0 Å². The molecule has 0 aromatic carbocycles. The summed E-state index contributed by atoms with van der Waals surface area (Å²) in [4.78, 5) is 17.9. The van der Waals surface area contributed by atoms with Gasteiger partial charge >= 0.3 is 0 Å². The fourth-order valence-electron chi connectivity index (χ4n) is 2.66. The van der Waals surface area contributed by atoms with E-state index in [-0.39, 0.29) is 17.6 Å². The maximum absolute atomic E-state index is 12.3. The van der Waals surface area contributed by atoms with Gasteiger partial charge in [0.25, 0.3) is 5.91 Å². The lowest BCUT2D eigenvalue weighted by Crippen LogP contribution is -2.29. The predicted octanol–water partition coefficient (Wildman–Crippen LogP) is 0.0625. The highest BCUT2D eigenvalue weighted by Gasteiger charge is 2.34. The number of nitrogens with one attached hydrogen (secondary N) is 1. The summed E-state index contributed by atoms with van der Waals surface area (Å²) in [6, 6.07) is 5.35. The summed E-state index contributed by atoms with van der Waals surface area (Å²) < 4.78 is 0. The van der Waals surface area contributed by atoms with Crippen LogP contribution in [0.25, 0.3) is 0 Å². The number of aliphatic hydroxyl groups is 1. The van der Waals surface area contributed by atoms with Gasteiger partial charge in [-0.15, -0.1) is 0 Å². The zero-order valence-electron chi connectivity index (χ0n) is 11.4. The molecule has 1 aliphatic rings. The monoisotopic (exact) mass is 287 g/mol. The molecule has 1 aliphatic heterocycles. The molecule has 2 aromatic heterocycles. The average Bonchev–Trinajstić information content (AvgIpc) is 3.06. The highest BCUT2D eigenvalue weighted by molar-refractivity contribution is 5.93. The number of H-pyrrole nitrogens is 1. The first-order valence-corrected chi connectivity index (χ1v) is 6.80. The number of carbonyl (C=O) groups is 1. The van der Waals surface area contributed by atoms with Crippen molar-refractivity contribution in [3.63, 3.8) is 0 Å². The van der Waals surface area contributed by atoms with Gasteiger partial charge in [0.2, 0.25) is 0 Å². The van der Waals surface area contributed by atoms with Crippen LogP contribution in [0.4, 0.5) is 5.82 Å². The molecule has 0 spiro atoms. The van der Waals surface area contributed by atoms with E-state index in [2.05, 4.69) is 15.2 Å². The van der Waals surface area contributed by atoms with Crippen LogP contribution in [0.5, 0.6) is 0 Å². The maximum Gasteiger partial charge on any atom is 0.272 e. The molecular formula is C14H17N5O2. The minimum absolute atomic E-state index is 0.0246. The van der Waals surface area contributed by atoms with Crippen molar-refractivity contribution >= 4 is 11.7 Å². The van der Waals surface area contributed by atoms with E-state index in [9.17, 15) is 9.90 Å². The number of nitrogens with zero attached hydrogens (tertiary/aromatic N) is 3. The first kappa shape index (κ1) is 13.6.